The quantitative estimate of drug-likeness (QED) is 0.733. The van der Waals surface area contributed by atoms with Gasteiger partial charge in [-0.15, -0.1) is 0 Å². The Labute approximate surface area is 82.9 Å². The van der Waals surface area contributed by atoms with Gasteiger partial charge in [-0.3, -0.25) is 0 Å². The van der Waals surface area contributed by atoms with Crippen LogP contribution < -0.4 is 4.74 Å². The summed E-state index contributed by atoms with van der Waals surface area (Å²) in [4.78, 5) is 3.61. The lowest BCUT2D eigenvalue weighted by Gasteiger charge is -2.02. The lowest BCUT2D eigenvalue weighted by atomic mass is 10.5. The van der Waals surface area contributed by atoms with E-state index in [1.165, 1.54) is 0 Å². The zero-order chi connectivity index (χ0) is 11.8. The monoisotopic (exact) mass is 270 g/mol. The number of hydrogen-bond acceptors (Lipinski definition) is 2. The van der Waals surface area contributed by atoms with Crippen LogP contribution in [-0.4, -0.2) is 12.0 Å². The summed E-state index contributed by atoms with van der Waals surface area (Å²) >= 11 is 5.95. The summed E-state index contributed by atoms with van der Waals surface area (Å²) in [5.74, 6) is -0.101. The summed E-state index contributed by atoms with van der Waals surface area (Å²) < 4.78 is 40.2. The van der Waals surface area contributed by atoms with Crippen LogP contribution >= 0.6 is 31.9 Å². The van der Waals surface area contributed by atoms with Gasteiger partial charge >= 0.3 is 0 Å². The maximum absolute atomic E-state index is 7.41. The number of nitrogens with zero attached hydrogens (tertiary/aromatic N) is 1. The number of rotatable bonds is 1. The number of halogens is 2. The molecule has 0 saturated carbocycles. The average Bonchev–Trinajstić information content (AvgIpc) is 2.07. The minimum Gasteiger partial charge on any atom is -0.493 e. The Bertz CT molecular complexity index is 394. The SMILES string of the molecule is [2H]c1nc(Br)c(OC([2H])([2H])[2H])c(Br)c1[2H]. The predicted octanol–water partition coefficient (Wildman–Crippen LogP) is 2.62. The largest absolute Gasteiger partial charge is 0.493 e. The lowest BCUT2D eigenvalue weighted by Crippen LogP contribution is -1.87. The number of methoxy groups -OCH3 is 1. The second-order valence-corrected chi connectivity index (χ2v) is 2.93. The van der Waals surface area contributed by atoms with Crippen molar-refractivity contribution < 1.29 is 11.6 Å². The molecule has 54 valence electrons. The minimum atomic E-state index is -2.62. The highest BCUT2D eigenvalue weighted by Gasteiger charge is 2.03. The molecule has 0 spiro atoms. The fourth-order valence-corrected chi connectivity index (χ4v) is 1.40. The second kappa shape index (κ2) is 3.34. The van der Waals surface area contributed by atoms with Crippen molar-refractivity contribution in [3.8, 4) is 5.75 Å². The molecule has 0 radical (unpaired) electrons. The van der Waals surface area contributed by atoms with Crippen molar-refractivity contribution in [3.63, 3.8) is 0 Å². The van der Waals surface area contributed by atoms with E-state index in [2.05, 4.69) is 41.6 Å². The third kappa shape index (κ3) is 1.49. The Hall–Kier alpha value is -0.0900. The molecule has 0 amide bonds. The van der Waals surface area contributed by atoms with Gasteiger partial charge in [0.05, 0.1) is 18.4 Å². The van der Waals surface area contributed by atoms with Crippen LogP contribution in [0.4, 0.5) is 0 Å². The van der Waals surface area contributed by atoms with Crippen LogP contribution in [0.3, 0.4) is 0 Å². The molecule has 4 heteroatoms. The second-order valence-electron chi connectivity index (χ2n) is 1.38. The highest BCUT2D eigenvalue weighted by atomic mass is 79.9. The average molecular weight is 272 g/mol. The normalized spacial score (nSPS) is 18.0. The number of pyridine rings is 1. The van der Waals surface area contributed by atoms with E-state index >= 15 is 0 Å². The van der Waals surface area contributed by atoms with E-state index in [4.69, 9.17) is 6.85 Å². The first-order valence-electron chi connectivity index (χ1n) is 4.73. The van der Waals surface area contributed by atoms with E-state index in [9.17, 15) is 0 Å². The van der Waals surface area contributed by atoms with E-state index in [1.807, 2.05) is 0 Å². The van der Waals surface area contributed by atoms with Crippen molar-refractivity contribution in [3.05, 3.63) is 21.3 Å². The highest BCUT2D eigenvalue weighted by Crippen LogP contribution is 2.30. The Kier molecular flexibility index (Phi) is 1.18. The fraction of sp³-hybridized carbons (Fsp3) is 0.167. The van der Waals surface area contributed by atoms with Crippen molar-refractivity contribution in [1.29, 1.82) is 0 Å². The molecule has 0 aliphatic rings. The molecule has 2 nitrogen and oxygen atoms in total. The molecule has 0 N–H and O–H groups in total. The highest BCUT2D eigenvalue weighted by molar-refractivity contribution is 9.11. The Morgan fingerprint density at radius 1 is 1.80 bits per heavy atom. The number of ether oxygens (including phenoxy) is 1. The van der Waals surface area contributed by atoms with Gasteiger partial charge in [-0.2, -0.15) is 0 Å². The summed E-state index contributed by atoms with van der Waals surface area (Å²) in [7, 11) is -2.62. The van der Waals surface area contributed by atoms with Gasteiger partial charge in [0.1, 0.15) is 4.60 Å². The predicted molar refractivity (Wildman–Crippen MR) is 46.2 cm³/mol. The van der Waals surface area contributed by atoms with Crippen LogP contribution in [0.25, 0.3) is 0 Å². The molecule has 0 atom stereocenters. The smallest absolute Gasteiger partial charge is 0.165 e. The van der Waals surface area contributed by atoms with Gasteiger partial charge in [0.2, 0.25) is 0 Å². The van der Waals surface area contributed by atoms with Gasteiger partial charge in [-0.25, -0.2) is 4.98 Å². The molecule has 1 aromatic rings. The van der Waals surface area contributed by atoms with Crippen molar-refractivity contribution in [2.24, 2.45) is 0 Å². The van der Waals surface area contributed by atoms with Crippen LogP contribution in [0, 0.1) is 0 Å². The van der Waals surface area contributed by atoms with E-state index < -0.39 is 7.04 Å². The Morgan fingerprint density at radius 3 is 3.30 bits per heavy atom. The first-order chi connectivity index (χ1) is 6.72. The van der Waals surface area contributed by atoms with Crippen molar-refractivity contribution >= 4 is 31.9 Å². The van der Waals surface area contributed by atoms with Gasteiger partial charge in [-0.1, -0.05) is 0 Å². The number of aromatic nitrogens is 1. The van der Waals surface area contributed by atoms with E-state index in [-0.39, 0.29) is 27.0 Å². The molecule has 1 heterocycles. The number of hydrogen-bond donors (Lipinski definition) is 0. The molecule has 0 fully saturated rings. The Morgan fingerprint density at radius 2 is 2.60 bits per heavy atom. The maximum Gasteiger partial charge on any atom is 0.165 e. The summed E-state index contributed by atoms with van der Waals surface area (Å²) in [6.45, 7) is 0. The van der Waals surface area contributed by atoms with Crippen LogP contribution in [-0.2, 0) is 0 Å². The zero-order valence-corrected chi connectivity index (χ0v) is 7.78. The summed E-state index contributed by atoms with van der Waals surface area (Å²) in [6.07, 6.45) is -0.272. The third-order valence-corrected chi connectivity index (χ3v) is 1.90. The van der Waals surface area contributed by atoms with Gasteiger partial charge < -0.3 is 4.74 Å². The standard InChI is InChI=1S/C6H5Br2NO/c1-10-5-4(7)2-3-9-6(5)8/h2-3H,1H3/i1D3,2D,3D. The molecule has 0 aromatic carbocycles. The van der Waals surface area contributed by atoms with Crippen molar-refractivity contribution in [1.82, 2.24) is 4.98 Å². The zero-order valence-electron chi connectivity index (χ0n) is 9.61. The lowest BCUT2D eigenvalue weighted by molar-refractivity contribution is 0.407. The first kappa shape index (κ1) is 3.54. The maximum atomic E-state index is 7.41. The van der Waals surface area contributed by atoms with Crippen LogP contribution in [0.5, 0.6) is 5.75 Å². The molecule has 1 aromatic heterocycles. The van der Waals surface area contributed by atoms with Crippen LogP contribution in [0.2, 0.25) is 0 Å². The molecular weight excluding hydrogens is 262 g/mol. The molecule has 1 rings (SSSR count). The molecule has 0 bridgehead atoms. The fourth-order valence-electron chi connectivity index (χ4n) is 0.411. The van der Waals surface area contributed by atoms with E-state index in [0.29, 0.717) is 0 Å². The Balaban J connectivity index is 3.24. The van der Waals surface area contributed by atoms with Crippen LogP contribution in [0.15, 0.2) is 21.3 Å². The molecular formula is C6H5Br2NO. The minimum absolute atomic E-state index is 0.0755. The molecule has 0 saturated heterocycles. The van der Waals surface area contributed by atoms with Gasteiger partial charge in [0.15, 0.2) is 5.75 Å². The molecule has 0 aliphatic carbocycles. The summed E-state index contributed by atoms with van der Waals surface area (Å²) in [5.41, 5.74) is 0. The third-order valence-electron chi connectivity index (χ3n) is 0.808. The van der Waals surface area contributed by atoms with Crippen molar-refractivity contribution in [2.45, 2.75) is 0 Å². The van der Waals surface area contributed by atoms with E-state index in [1.54, 1.807) is 0 Å². The first-order valence-corrected chi connectivity index (χ1v) is 3.82. The summed E-state index contributed by atoms with van der Waals surface area (Å²) in [6, 6.07) is -0.225. The van der Waals surface area contributed by atoms with Crippen LogP contribution in [0.1, 0.15) is 6.85 Å². The van der Waals surface area contributed by atoms with Crippen molar-refractivity contribution in [2.75, 3.05) is 7.04 Å². The molecule has 0 unspecified atom stereocenters. The van der Waals surface area contributed by atoms with Gasteiger partial charge in [0, 0.05) is 6.17 Å². The summed E-state index contributed by atoms with van der Waals surface area (Å²) in [5, 5.41) is 0. The van der Waals surface area contributed by atoms with Gasteiger partial charge in [0.25, 0.3) is 0 Å². The molecule has 0 aliphatic heterocycles. The molecule has 10 heavy (non-hydrogen) atoms. The van der Waals surface area contributed by atoms with E-state index in [0.717, 1.165) is 0 Å². The topological polar surface area (TPSA) is 22.1 Å². The van der Waals surface area contributed by atoms with Gasteiger partial charge in [-0.05, 0) is 37.9 Å².